The van der Waals surface area contributed by atoms with Crippen LogP contribution < -0.4 is 10.1 Å². The molecule has 0 amide bonds. The van der Waals surface area contributed by atoms with E-state index in [4.69, 9.17) is 9.47 Å². The maximum atomic E-state index is 5.59. The van der Waals surface area contributed by atoms with Gasteiger partial charge in [0, 0.05) is 25.3 Å². The van der Waals surface area contributed by atoms with Gasteiger partial charge in [-0.25, -0.2) is 0 Å². The van der Waals surface area contributed by atoms with Crippen molar-refractivity contribution in [3.63, 3.8) is 0 Å². The number of methoxy groups -OCH3 is 1. The van der Waals surface area contributed by atoms with Crippen molar-refractivity contribution in [3.8, 4) is 5.75 Å². The normalized spacial score (nSPS) is 12.1. The number of rotatable bonds is 8. The van der Waals surface area contributed by atoms with Crippen LogP contribution in [0.1, 0.15) is 12.5 Å². The van der Waals surface area contributed by atoms with Gasteiger partial charge in [0.2, 0.25) is 0 Å². The van der Waals surface area contributed by atoms with Gasteiger partial charge in [-0.15, -0.1) is 0 Å². The predicted molar refractivity (Wildman–Crippen MR) is 70.3 cm³/mol. The number of ether oxygens (including phenoxy) is 2. The first-order valence-corrected chi connectivity index (χ1v) is 5.81. The molecule has 0 aliphatic rings. The summed E-state index contributed by atoms with van der Waals surface area (Å²) < 4.78 is 10.7. The average molecular weight is 235 g/mol. The molecule has 1 N–H and O–H groups in total. The molecule has 1 aromatic carbocycles. The van der Waals surface area contributed by atoms with E-state index in [-0.39, 0.29) is 0 Å². The monoisotopic (exact) mass is 235 g/mol. The molecule has 0 saturated heterocycles. The van der Waals surface area contributed by atoms with Crippen molar-refractivity contribution in [2.75, 3.05) is 20.3 Å². The van der Waals surface area contributed by atoms with E-state index in [9.17, 15) is 0 Å². The molecule has 3 nitrogen and oxygen atoms in total. The Morgan fingerprint density at radius 1 is 1.41 bits per heavy atom. The molecular formula is C14H21NO2. The van der Waals surface area contributed by atoms with Crippen molar-refractivity contribution in [1.82, 2.24) is 5.32 Å². The quantitative estimate of drug-likeness (QED) is 0.702. The van der Waals surface area contributed by atoms with Crippen LogP contribution in [0.5, 0.6) is 5.75 Å². The highest BCUT2D eigenvalue weighted by Gasteiger charge is 2.04. The molecule has 0 aliphatic heterocycles. The van der Waals surface area contributed by atoms with E-state index in [1.54, 1.807) is 13.2 Å². The van der Waals surface area contributed by atoms with Crippen molar-refractivity contribution in [1.29, 1.82) is 0 Å². The van der Waals surface area contributed by atoms with Crippen molar-refractivity contribution in [3.05, 3.63) is 42.5 Å². The molecule has 3 heteroatoms. The maximum Gasteiger partial charge on any atom is 0.124 e. The minimum atomic E-state index is 0.326. The van der Waals surface area contributed by atoms with E-state index in [2.05, 4.69) is 24.9 Å². The molecule has 1 aromatic rings. The standard InChI is InChI=1S/C14H21NO2/c1-4-9-17-14-8-6-5-7-13(14)10-15-12(2)11-16-3/h4-8,12,15H,1,9-11H2,2-3H3. The van der Waals surface area contributed by atoms with Gasteiger partial charge >= 0.3 is 0 Å². The van der Waals surface area contributed by atoms with Crippen LogP contribution in [-0.4, -0.2) is 26.4 Å². The highest BCUT2D eigenvalue weighted by molar-refractivity contribution is 5.33. The average Bonchev–Trinajstić information content (AvgIpc) is 2.35. The fourth-order valence-corrected chi connectivity index (χ4v) is 1.53. The summed E-state index contributed by atoms with van der Waals surface area (Å²) in [6.45, 7) is 7.75. The lowest BCUT2D eigenvalue weighted by atomic mass is 10.2. The number of hydrogen-bond acceptors (Lipinski definition) is 3. The van der Waals surface area contributed by atoms with Crippen molar-refractivity contribution >= 4 is 0 Å². The molecular weight excluding hydrogens is 214 g/mol. The Morgan fingerprint density at radius 2 is 2.18 bits per heavy atom. The first-order valence-electron chi connectivity index (χ1n) is 5.81. The summed E-state index contributed by atoms with van der Waals surface area (Å²) in [7, 11) is 1.71. The van der Waals surface area contributed by atoms with E-state index in [1.165, 1.54) is 0 Å². The summed E-state index contributed by atoms with van der Waals surface area (Å²) in [6, 6.07) is 8.35. The molecule has 0 radical (unpaired) electrons. The lowest BCUT2D eigenvalue weighted by Gasteiger charge is -2.15. The molecule has 0 aliphatic carbocycles. The Balaban J connectivity index is 2.53. The molecule has 0 aromatic heterocycles. The van der Waals surface area contributed by atoms with Crippen LogP contribution in [0.4, 0.5) is 0 Å². The first kappa shape index (κ1) is 13.7. The first-order chi connectivity index (χ1) is 8.27. The van der Waals surface area contributed by atoms with Crippen molar-refractivity contribution < 1.29 is 9.47 Å². The summed E-state index contributed by atoms with van der Waals surface area (Å²) in [5.74, 6) is 0.907. The highest BCUT2D eigenvalue weighted by atomic mass is 16.5. The molecule has 1 unspecified atom stereocenters. The van der Waals surface area contributed by atoms with Crippen molar-refractivity contribution in [2.45, 2.75) is 19.5 Å². The number of para-hydroxylation sites is 1. The fraction of sp³-hybridized carbons (Fsp3) is 0.429. The lowest BCUT2D eigenvalue weighted by Crippen LogP contribution is -2.29. The second kappa shape index (κ2) is 7.87. The van der Waals surface area contributed by atoms with Gasteiger partial charge in [-0.2, -0.15) is 0 Å². The molecule has 0 spiro atoms. The third-order valence-electron chi connectivity index (χ3n) is 2.39. The zero-order valence-electron chi connectivity index (χ0n) is 10.6. The van der Waals surface area contributed by atoms with Gasteiger partial charge in [0.25, 0.3) is 0 Å². The van der Waals surface area contributed by atoms with Crippen molar-refractivity contribution in [2.24, 2.45) is 0 Å². The number of nitrogens with one attached hydrogen (secondary N) is 1. The van der Waals surface area contributed by atoms with E-state index in [0.29, 0.717) is 19.3 Å². The Bertz CT molecular complexity index is 339. The van der Waals surface area contributed by atoms with Gasteiger partial charge < -0.3 is 14.8 Å². The summed E-state index contributed by atoms with van der Waals surface area (Å²) in [5, 5.41) is 3.39. The highest BCUT2D eigenvalue weighted by Crippen LogP contribution is 2.17. The van der Waals surface area contributed by atoms with Gasteiger partial charge in [-0.1, -0.05) is 30.9 Å². The third-order valence-corrected chi connectivity index (χ3v) is 2.39. The fourth-order valence-electron chi connectivity index (χ4n) is 1.53. The topological polar surface area (TPSA) is 30.5 Å². The molecule has 0 heterocycles. The van der Waals surface area contributed by atoms with Crippen LogP contribution in [0.3, 0.4) is 0 Å². The summed E-state index contributed by atoms with van der Waals surface area (Å²) in [4.78, 5) is 0. The Hall–Kier alpha value is -1.32. The summed E-state index contributed by atoms with van der Waals surface area (Å²) in [6.07, 6.45) is 1.75. The zero-order chi connectivity index (χ0) is 12.5. The van der Waals surface area contributed by atoms with E-state index < -0.39 is 0 Å². The second-order valence-corrected chi connectivity index (χ2v) is 3.94. The molecule has 0 bridgehead atoms. The summed E-state index contributed by atoms with van der Waals surface area (Å²) in [5.41, 5.74) is 1.15. The lowest BCUT2D eigenvalue weighted by molar-refractivity contribution is 0.171. The number of hydrogen-bond donors (Lipinski definition) is 1. The molecule has 94 valence electrons. The molecule has 0 saturated carbocycles. The van der Waals surface area contributed by atoms with Gasteiger partial charge in [0.1, 0.15) is 12.4 Å². The molecule has 1 rings (SSSR count). The predicted octanol–water partition coefficient (Wildman–Crippen LogP) is 2.38. The van der Waals surface area contributed by atoms with Crippen LogP contribution in [0.25, 0.3) is 0 Å². The van der Waals surface area contributed by atoms with Crippen LogP contribution in [0.15, 0.2) is 36.9 Å². The van der Waals surface area contributed by atoms with Gasteiger partial charge in [-0.3, -0.25) is 0 Å². The smallest absolute Gasteiger partial charge is 0.124 e. The van der Waals surface area contributed by atoms with E-state index in [1.807, 2.05) is 18.2 Å². The van der Waals surface area contributed by atoms with E-state index in [0.717, 1.165) is 17.9 Å². The Kier molecular flexibility index (Phi) is 6.37. The van der Waals surface area contributed by atoms with Crippen LogP contribution in [-0.2, 0) is 11.3 Å². The molecule has 1 atom stereocenters. The summed E-state index contributed by atoms with van der Waals surface area (Å²) >= 11 is 0. The van der Waals surface area contributed by atoms with Crippen LogP contribution >= 0.6 is 0 Å². The Morgan fingerprint density at radius 3 is 2.88 bits per heavy atom. The largest absolute Gasteiger partial charge is 0.489 e. The third kappa shape index (κ3) is 5.02. The minimum Gasteiger partial charge on any atom is -0.489 e. The second-order valence-electron chi connectivity index (χ2n) is 3.94. The SMILES string of the molecule is C=CCOc1ccccc1CNC(C)COC. The Labute approximate surface area is 103 Å². The molecule has 0 fully saturated rings. The van der Waals surface area contributed by atoms with Gasteiger partial charge in [0.05, 0.1) is 6.61 Å². The minimum absolute atomic E-state index is 0.326. The van der Waals surface area contributed by atoms with Gasteiger partial charge in [-0.05, 0) is 13.0 Å². The van der Waals surface area contributed by atoms with Crippen LogP contribution in [0.2, 0.25) is 0 Å². The maximum absolute atomic E-state index is 5.59. The molecule has 17 heavy (non-hydrogen) atoms. The number of benzene rings is 1. The van der Waals surface area contributed by atoms with Gasteiger partial charge in [0.15, 0.2) is 0 Å². The van der Waals surface area contributed by atoms with E-state index >= 15 is 0 Å². The zero-order valence-corrected chi connectivity index (χ0v) is 10.6. The van der Waals surface area contributed by atoms with Crippen LogP contribution in [0, 0.1) is 0 Å².